The predicted molar refractivity (Wildman–Crippen MR) is 107 cm³/mol. The molecule has 0 aliphatic heterocycles. The van der Waals surface area contributed by atoms with E-state index in [1.54, 1.807) is 11.8 Å². The number of thioether (sulfide) groups is 1. The van der Waals surface area contributed by atoms with Gasteiger partial charge in [0.2, 0.25) is 5.91 Å². The zero-order valence-corrected chi connectivity index (χ0v) is 16.7. The maximum atomic E-state index is 12.4. The molecule has 1 N–H and O–H groups in total. The van der Waals surface area contributed by atoms with Gasteiger partial charge in [-0.15, -0.1) is 11.3 Å². The van der Waals surface area contributed by atoms with E-state index in [0.717, 1.165) is 34.9 Å². The van der Waals surface area contributed by atoms with Crippen molar-refractivity contribution in [3.05, 3.63) is 16.3 Å². The molecule has 2 aromatic rings. The van der Waals surface area contributed by atoms with Gasteiger partial charge in [-0.3, -0.25) is 4.79 Å². The Morgan fingerprint density at radius 3 is 2.69 bits per heavy atom. The summed E-state index contributed by atoms with van der Waals surface area (Å²) in [7, 11) is 0. The second-order valence-electron chi connectivity index (χ2n) is 7.89. The van der Waals surface area contributed by atoms with Crippen molar-refractivity contribution in [2.75, 3.05) is 5.75 Å². The van der Waals surface area contributed by atoms with E-state index in [9.17, 15) is 4.79 Å². The fourth-order valence-electron chi connectivity index (χ4n) is 4.24. The van der Waals surface area contributed by atoms with E-state index in [-0.39, 0.29) is 5.91 Å². The van der Waals surface area contributed by atoms with Crippen molar-refractivity contribution in [3.63, 3.8) is 0 Å². The van der Waals surface area contributed by atoms with Gasteiger partial charge in [-0.2, -0.15) is 0 Å². The van der Waals surface area contributed by atoms with Crippen LogP contribution >= 0.6 is 23.1 Å². The number of nitrogens with zero attached hydrogens (tertiary/aromatic N) is 2. The van der Waals surface area contributed by atoms with E-state index in [4.69, 9.17) is 9.97 Å². The molecule has 3 aliphatic rings. The van der Waals surface area contributed by atoms with E-state index >= 15 is 0 Å². The lowest BCUT2D eigenvalue weighted by molar-refractivity contribution is -0.119. The third kappa shape index (κ3) is 3.38. The zero-order valence-electron chi connectivity index (χ0n) is 15.1. The van der Waals surface area contributed by atoms with E-state index < -0.39 is 0 Å². The molecule has 0 spiro atoms. The highest BCUT2D eigenvalue weighted by Gasteiger charge is 2.29. The van der Waals surface area contributed by atoms with E-state index in [1.807, 2.05) is 11.3 Å². The Morgan fingerprint density at radius 2 is 1.88 bits per heavy atom. The molecule has 0 aromatic carbocycles. The number of aromatic nitrogens is 2. The summed E-state index contributed by atoms with van der Waals surface area (Å²) < 4.78 is 0. The fraction of sp³-hybridized carbons (Fsp3) is 0.650. The minimum absolute atomic E-state index is 0.158. The Hall–Kier alpha value is -1.14. The summed E-state index contributed by atoms with van der Waals surface area (Å²) in [5, 5.41) is 5.51. The molecule has 26 heavy (non-hydrogen) atoms. The first-order valence-corrected chi connectivity index (χ1v) is 11.8. The number of aryl methyl sites for hydroxylation is 2. The van der Waals surface area contributed by atoms with Crippen molar-refractivity contribution in [2.45, 2.75) is 81.2 Å². The molecule has 1 amide bonds. The molecule has 0 radical (unpaired) electrons. The summed E-state index contributed by atoms with van der Waals surface area (Å²) in [6, 6.07) is 0.393. The fourth-order valence-corrected chi connectivity index (χ4v) is 6.45. The quantitative estimate of drug-likeness (QED) is 0.602. The van der Waals surface area contributed by atoms with Crippen LogP contribution in [0.4, 0.5) is 0 Å². The second-order valence-corrected chi connectivity index (χ2v) is 9.94. The van der Waals surface area contributed by atoms with E-state index in [2.05, 4.69) is 5.32 Å². The number of nitrogens with one attached hydrogen (secondary N) is 1. The molecular weight excluding hydrogens is 362 g/mol. The molecule has 0 bridgehead atoms. The van der Waals surface area contributed by atoms with Gasteiger partial charge in [0.05, 0.1) is 5.75 Å². The monoisotopic (exact) mass is 387 g/mol. The Bertz CT molecular complexity index is 837. The van der Waals surface area contributed by atoms with Crippen LogP contribution in [0, 0.1) is 0 Å². The molecule has 0 atom stereocenters. The van der Waals surface area contributed by atoms with Crippen LogP contribution in [-0.2, 0) is 17.6 Å². The van der Waals surface area contributed by atoms with Crippen LogP contribution in [0.15, 0.2) is 5.03 Å². The zero-order chi connectivity index (χ0) is 17.5. The first kappa shape index (κ1) is 17.0. The normalized spacial score (nSPS) is 20.5. The first-order chi connectivity index (χ1) is 12.8. The highest BCUT2D eigenvalue weighted by atomic mass is 32.2. The maximum Gasteiger partial charge on any atom is 0.230 e. The number of carbonyl (C=O) groups is 1. The van der Waals surface area contributed by atoms with E-state index in [0.29, 0.717) is 17.7 Å². The van der Waals surface area contributed by atoms with Gasteiger partial charge < -0.3 is 5.32 Å². The molecule has 6 heteroatoms. The number of hydrogen-bond acceptors (Lipinski definition) is 5. The Kier molecular flexibility index (Phi) is 4.65. The molecule has 2 aromatic heterocycles. The average molecular weight is 388 g/mol. The minimum Gasteiger partial charge on any atom is -0.353 e. The van der Waals surface area contributed by atoms with Gasteiger partial charge in [-0.05, 0) is 56.9 Å². The number of amides is 1. The Balaban J connectivity index is 1.41. The van der Waals surface area contributed by atoms with Crippen LogP contribution in [0.2, 0.25) is 0 Å². The van der Waals surface area contributed by atoms with Crippen molar-refractivity contribution in [1.29, 1.82) is 0 Å². The molecule has 2 fully saturated rings. The SMILES string of the molecule is O=C(CSc1nc(C2CC2)nc2sc3c(c12)CCCC3)NC1CCCC1. The third-order valence-corrected chi connectivity index (χ3v) is 7.96. The number of rotatable bonds is 5. The van der Waals surface area contributed by atoms with Gasteiger partial charge in [0, 0.05) is 22.2 Å². The molecular formula is C20H25N3OS2. The van der Waals surface area contributed by atoms with Crippen LogP contribution in [0.5, 0.6) is 0 Å². The lowest BCUT2D eigenvalue weighted by Crippen LogP contribution is -2.33. The van der Waals surface area contributed by atoms with Crippen LogP contribution in [0.25, 0.3) is 10.2 Å². The van der Waals surface area contributed by atoms with Crippen LogP contribution in [-0.4, -0.2) is 27.7 Å². The lowest BCUT2D eigenvalue weighted by Gasteiger charge is -2.13. The molecule has 0 unspecified atom stereocenters. The van der Waals surface area contributed by atoms with Crippen molar-refractivity contribution in [2.24, 2.45) is 0 Å². The van der Waals surface area contributed by atoms with Gasteiger partial charge in [-0.25, -0.2) is 9.97 Å². The standard InChI is InChI=1S/C20H25N3OS2/c24-16(21-13-5-1-2-6-13)11-25-19-17-14-7-3-4-8-15(14)26-20(17)23-18(22-19)12-9-10-12/h12-13H,1-11H2,(H,21,24). The molecule has 0 saturated heterocycles. The van der Waals surface area contributed by atoms with Crippen LogP contribution in [0.3, 0.4) is 0 Å². The Labute approximate surface area is 162 Å². The number of thiophene rings is 1. The summed E-state index contributed by atoms with van der Waals surface area (Å²) in [5.41, 5.74) is 1.47. The minimum atomic E-state index is 0.158. The van der Waals surface area contributed by atoms with Crippen LogP contribution in [0.1, 0.15) is 73.5 Å². The number of fused-ring (bicyclic) bond motifs is 3. The summed E-state index contributed by atoms with van der Waals surface area (Å²) in [4.78, 5) is 24.9. The van der Waals surface area contributed by atoms with Gasteiger partial charge in [0.25, 0.3) is 0 Å². The summed E-state index contributed by atoms with van der Waals surface area (Å²) in [5.74, 6) is 2.18. The summed E-state index contributed by atoms with van der Waals surface area (Å²) in [6.07, 6.45) is 12.1. The highest BCUT2D eigenvalue weighted by Crippen LogP contribution is 2.43. The highest BCUT2D eigenvalue weighted by molar-refractivity contribution is 8.00. The van der Waals surface area contributed by atoms with Gasteiger partial charge in [0.15, 0.2) is 0 Å². The first-order valence-electron chi connectivity index (χ1n) is 10.0. The van der Waals surface area contributed by atoms with Crippen LogP contribution < -0.4 is 5.32 Å². The molecule has 3 aliphatic carbocycles. The van der Waals surface area contributed by atoms with Gasteiger partial charge in [-0.1, -0.05) is 24.6 Å². The maximum absolute atomic E-state index is 12.4. The molecule has 138 valence electrons. The largest absolute Gasteiger partial charge is 0.353 e. The van der Waals surface area contributed by atoms with Crippen molar-refractivity contribution < 1.29 is 4.79 Å². The molecule has 5 rings (SSSR count). The number of carbonyl (C=O) groups excluding carboxylic acids is 1. The lowest BCUT2D eigenvalue weighted by atomic mass is 9.97. The predicted octanol–water partition coefficient (Wildman–Crippen LogP) is 4.60. The second kappa shape index (κ2) is 7.12. The van der Waals surface area contributed by atoms with Crippen molar-refractivity contribution >= 4 is 39.2 Å². The smallest absolute Gasteiger partial charge is 0.230 e. The van der Waals surface area contributed by atoms with Gasteiger partial charge in [0.1, 0.15) is 15.7 Å². The molecule has 4 nitrogen and oxygen atoms in total. The summed E-state index contributed by atoms with van der Waals surface area (Å²) >= 11 is 3.49. The van der Waals surface area contributed by atoms with Crippen molar-refractivity contribution in [3.8, 4) is 0 Å². The van der Waals surface area contributed by atoms with Crippen molar-refractivity contribution in [1.82, 2.24) is 15.3 Å². The van der Waals surface area contributed by atoms with Gasteiger partial charge >= 0.3 is 0 Å². The Morgan fingerprint density at radius 1 is 1.08 bits per heavy atom. The average Bonchev–Trinajstić information content (AvgIpc) is 3.25. The molecule has 2 saturated carbocycles. The summed E-state index contributed by atoms with van der Waals surface area (Å²) in [6.45, 7) is 0. The third-order valence-electron chi connectivity index (χ3n) is 5.80. The molecule has 2 heterocycles. The topological polar surface area (TPSA) is 54.9 Å². The number of hydrogen-bond donors (Lipinski definition) is 1. The van der Waals surface area contributed by atoms with E-state index in [1.165, 1.54) is 60.8 Å².